The maximum atomic E-state index is 12.1. The number of carbonyl (C=O) groups is 2. The van der Waals surface area contributed by atoms with Crippen LogP contribution in [0.1, 0.15) is 46.3 Å². The lowest BCUT2D eigenvalue weighted by Gasteiger charge is -2.25. The molecule has 0 aromatic heterocycles. The van der Waals surface area contributed by atoms with Crippen LogP contribution in [0.25, 0.3) is 0 Å². The van der Waals surface area contributed by atoms with Gasteiger partial charge in [-0.3, -0.25) is 9.59 Å². The number of amides is 2. The van der Waals surface area contributed by atoms with Gasteiger partial charge < -0.3 is 15.7 Å². The molecule has 1 rings (SSSR count). The molecule has 5 nitrogen and oxygen atoms in total. The molecule has 0 radical (unpaired) electrons. The van der Waals surface area contributed by atoms with Gasteiger partial charge in [-0.1, -0.05) is 44.5 Å². The van der Waals surface area contributed by atoms with E-state index in [1.807, 2.05) is 0 Å². The largest absolute Gasteiger partial charge is 0.386 e. The number of hydrogen-bond acceptors (Lipinski definition) is 3. The van der Waals surface area contributed by atoms with Gasteiger partial charge in [0.05, 0.1) is 12.1 Å². The Hall–Kier alpha value is -1.59. The lowest BCUT2D eigenvalue weighted by Crippen LogP contribution is -2.51. The van der Waals surface area contributed by atoms with Crippen LogP contribution in [0.2, 0.25) is 5.02 Å². The molecule has 0 fully saturated rings. The van der Waals surface area contributed by atoms with Crippen LogP contribution in [-0.4, -0.2) is 29.0 Å². The van der Waals surface area contributed by atoms with E-state index in [9.17, 15) is 14.7 Å². The summed E-state index contributed by atoms with van der Waals surface area (Å²) in [6.07, 6.45) is -0.860. The van der Waals surface area contributed by atoms with Crippen molar-refractivity contribution in [3.05, 3.63) is 34.9 Å². The highest BCUT2D eigenvalue weighted by atomic mass is 35.5. The van der Waals surface area contributed by atoms with Crippen LogP contribution in [0.5, 0.6) is 0 Å². The van der Waals surface area contributed by atoms with Crippen molar-refractivity contribution in [2.75, 3.05) is 0 Å². The lowest BCUT2D eigenvalue weighted by atomic mass is 9.95. The standard InChI is InChI=1S/C17H25ClN2O3/c1-10(14(21)12-6-8-13(18)9-7-12)19-15(22)11(2)20-16(23)17(3,4)5/h6-11,14,21H,1-5H3,(H,19,22)(H,20,23). The molecular weight excluding hydrogens is 316 g/mol. The zero-order valence-electron chi connectivity index (χ0n) is 14.2. The van der Waals surface area contributed by atoms with Crippen LogP contribution in [0.4, 0.5) is 0 Å². The average Bonchev–Trinajstić information content (AvgIpc) is 2.45. The molecule has 0 bridgehead atoms. The summed E-state index contributed by atoms with van der Waals surface area (Å²) in [6.45, 7) is 8.65. The molecule has 23 heavy (non-hydrogen) atoms. The van der Waals surface area contributed by atoms with Crippen molar-refractivity contribution in [3.63, 3.8) is 0 Å². The van der Waals surface area contributed by atoms with E-state index in [0.717, 1.165) is 0 Å². The third kappa shape index (κ3) is 5.84. The lowest BCUT2D eigenvalue weighted by molar-refractivity contribution is -0.133. The van der Waals surface area contributed by atoms with Crippen molar-refractivity contribution in [2.24, 2.45) is 5.41 Å². The number of aliphatic hydroxyl groups excluding tert-OH is 1. The van der Waals surface area contributed by atoms with Gasteiger partial charge in [0.1, 0.15) is 6.04 Å². The van der Waals surface area contributed by atoms with Crippen LogP contribution in [-0.2, 0) is 9.59 Å². The fraction of sp³-hybridized carbons (Fsp3) is 0.529. The zero-order valence-corrected chi connectivity index (χ0v) is 14.9. The fourth-order valence-corrected chi connectivity index (χ4v) is 1.98. The van der Waals surface area contributed by atoms with Crippen LogP contribution in [0.15, 0.2) is 24.3 Å². The molecule has 0 spiro atoms. The first-order chi connectivity index (χ1) is 10.5. The fourth-order valence-electron chi connectivity index (χ4n) is 1.86. The van der Waals surface area contributed by atoms with Crippen molar-refractivity contribution >= 4 is 23.4 Å². The minimum Gasteiger partial charge on any atom is -0.386 e. The highest BCUT2D eigenvalue weighted by Crippen LogP contribution is 2.19. The van der Waals surface area contributed by atoms with Gasteiger partial charge in [-0.25, -0.2) is 0 Å². The number of rotatable bonds is 5. The highest BCUT2D eigenvalue weighted by molar-refractivity contribution is 6.30. The molecule has 0 aliphatic carbocycles. The van der Waals surface area contributed by atoms with E-state index in [1.54, 1.807) is 58.9 Å². The summed E-state index contributed by atoms with van der Waals surface area (Å²) in [5.41, 5.74) is 0.0942. The molecule has 2 amide bonds. The maximum absolute atomic E-state index is 12.1. The molecule has 3 N–H and O–H groups in total. The van der Waals surface area contributed by atoms with Crippen LogP contribution < -0.4 is 10.6 Å². The van der Waals surface area contributed by atoms with E-state index in [1.165, 1.54) is 0 Å². The molecule has 0 saturated heterocycles. The monoisotopic (exact) mass is 340 g/mol. The van der Waals surface area contributed by atoms with Crippen molar-refractivity contribution in [1.82, 2.24) is 10.6 Å². The topological polar surface area (TPSA) is 78.4 Å². The molecule has 0 saturated carbocycles. The van der Waals surface area contributed by atoms with Crippen LogP contribution in [0.3, 0.4) is 0 Å². The first kappa shape index (κ1) is 19.5. The summed E-state index contributed by atoms with van der Waals surface area (Å²) in [5, 5.41) is 16.2. The van der Waals surface area contributed by atoms with E-state index >= 15 is 0 Å². The normalized spacial score (nSPS) is 15.4. The molecule has 6 heteroatoms. The second kappa shape index (κ2) is 7.79. The van der Waals surface area contributed by atoms with Gasteiger partial charge in [-0.05, 0) is 31.5 Å². The van der Waals surface area contributed by atoms with Crippen LogP contribution >= 0.6 is 11.6 Å². The first-order valence-electron chi connectivity index (χ1n) is 7.57. The Morgan fingerprint density at radius 3 is 2.09 bits per heavy atom. The quantitative estimate of drug-likeness (QED) is 0.770. The van der Waals surface area contributed by atoms with Crippen molar-refractivity contribution in [1.29, 1.82) is 0 Å². The number of aliphatic hydroxyl groups is 1. The molecule has 1 aromatic carbocycles. The number of halogens is 1. The minimum atomic E-state index is -0.860. The van der Waals surface area contributed by atoms with Crippen molar-refractivity contribution < 1.29 is 14.7 Å². The number of hydrogen-bond donors (Lipinski definition) is 3. The Kier molecular flexibility index (Phi) is 6.59. The van der Waals surface area contributed by atoms with Gasteiger partial charge in [-0.2, -0.15) is 0 Å². The Balaban J connectivity index is 2.61. The number of carbonyl (C=O) groups excluding carboxylic acids is 2. The second-order valence-electron chi connectivity index (χ2n) is 6.74. The van der Waals surface area contributed by atoms with Gasteiger partial charge >= 0.3 is 0 Å². The first-order valence-corrected chi connectivity index (χ1v) is 7.95. The molecule has 0 aliphatic heterocycles. The predicted molar refractivity (Wildman–Crippen MR) is 91.1 cm³/mol. The van der Waals surface area contributed by atoms with Gasteiger partial charge in [0.25, 0.3) is 0 Å². The Morgan fingerprint density at radius 2 is 1.61 bits per heavy atom. The van der Waals surface area contributed by atoms with Gasteiger partial charge in [0.15, 0.2) is 0 Å². The highest BCUT2D eigenvalue weighted by Gasteiger charge is 2.26. The number of nitrogens with one attached hydrogen (secondary N) is 2. The molecule has 128 valence electrons. The van der Waals surface area contributed by atoms with Gasteiger partial charge in [0, 0.05) is 10.4 Å². The van der Waals surface area contributed by atoms with E-state index in [0.29, 0.717) is 10.6 Å². The zero-order chi connectivity index (χ0) is 17.8. The maximum Gasteiger partial charge on any atom is 0.242 e. The van der Waals surface area contributed by atoms with Crippen molar-refractivity contribution in [2.45, 2.75) is 52.8 Å². The average molecular weight is 341 g/mol. The van der Waals surface area contributed by atoms with E-state index in [-0.39, 0.29) is 11.8 Å². The minimum absolute atomic E-state index is 0.203. The number of benzene rings is 1. The smallest absolute Gasteiger partial charge is 0.242 e. The molecular formula is C17H25ClN2O3. The summed E-state index contributed by atoms with van der Waals surface area (Å²) in [6, 6.07) is 5.60. The predicted octanol–water partition coefficient (Wildman–Crippen LogP) is 2.43. The van der Waals surface area contributed by atoms with Gasteiger partial charge in [-0.15, -0.1) is 0 Å². The van der Waals surface area contributed by atoms with E-state index < -0.39 is 23.6 Å². The second-order valence-corrected chi connectivity index (χ2v) is 7.18. The molecule has 0 aliphatic rings. The Labute approximate surface area is 142 Å². The summed E-state index contributed by atoms with van der Waals surface area (Å²) in [7, 11) is 0. The third-order valence-corrected chi connectivity index (χ3v) is 3.73. The van der Waals surface area contributed by atoms with Crippen molar-refractivity contribution in [3.8, 4) is 0 Å². The Morgan fingerprint density at radius 1 is 1.09 bits per heavy atom. The summed E-state index contributed by atoms with van der Waals surface area (Å²) in [4.78, 5) is 24.0. The molecule has 3 unspecified atom stereocenters. The van der Waals surface area contributed by atoms with Crippen LogP contribution in [0, 0.1) is 5.41 Å². The Bertz CT molecular complexity index is 552. The van der Waals surface area contributed by atoms with E-state index in [2.05, 4.69) is 10.6 Å². The van der Waals surface area contributed by atoms with Gasteiger partial charge in [0.2, 0.25) is 11.8 Å². The molecule has 3 atom stereocenters. The molecule has 0 heterocycles. The SMILES string of the molecule is CC(NC(=O)C(C)(C)C)C(=O)NC(C)C(O)c1ccc(Cl)cc1. The molecule has 1 aromatic rings. The van der Waals surface area contributed by atoms with E-state index in [4.69, 9.17) is 11.6 Å². The summed E-state index contributed by atoms with van der Waals surface area (Å²) in [5.74, 6) is -0.547. The summed E-state index contributed by atoms with van der Waals surface area (Å²) >= 11 is 5.82. The summed E-state index contributed by atoms with van der Waals surface area (Å²) < 4.78 is 0. The third-order valence-electron chi connectivity index (χ3n) is 3.48.